The van der Waals surface area contributed by atoms with Crippen molar-refractivity contribution in [2.45, 2.75) is 26.3 Å². The van der Waals surface area contributed by atoms with Crippen molar-refractivity contribution in [3.63, 3.8) is 0 Å². The first-order valence-corrected chi connectivity index (χ1v) is 4.95. The van der Waals surface area contributed by atoms with Crippen LogP contribution in [0.3, 0.4) is 0 Å². The fourth-order valence-corrected chi connectivity index (χ4v) is 2.06. The zero-order valence-corrected chi connectivity index (χ0v) is 8.58. The normalized spacial score (nSPS) is 20.6. The van der Waals surface area contributed by atoms with Gasteiger partial charge in [0.05, 0.1) is 0 Å². The van der Waals surface area contributed by atoms with Gasteiger partial charge >= 0.3 is 5.97 Å². The Morgan fingerprint density at radius 2 is 2.43 bits per heavy atom. The fraction of sp³-hybridized carbons (Fsp3) is 0.556. The average molecular weight is 215 g/mol. The number of aryl methyl sites for hydroxylation is 1. The van der Waals surface area contributed by atoms with Gasteiger partial charge in [-0.15, -0.1) is 0 Å². The van der Waals surface area contributed by atoms with Crippen LogP contribution < -0.4 is 0 Å². The number of aromatic carboxylic acids is 1. The molecule has 4 nitrogen and oxygen atoms in total. The minimum atomic E-state index is -1.05. The van der Waals surface area contributed by atoms with Gasteiger partial charge in [0, 0.05) is 13.0 Å². The minimum Gasteiger partial charge on any atom is -0.476 e. The highest BCUT2D eigenvalue weighted by Crippen LogP contribution is 2.26. The largest absolute Gasteiger partial charge is 0.476 e. The highest BCUT2D eigenvalue weighted by atomic mass is 35.5. The molecule has 0 aliphatic carbocycles. The van der Waals surface area contributed by atoms with E-state index in [2.05, 4.69) is 11.9 Å². The molecule has 1 N–H and O–H groups in total. The molecule has 76 valence electrons. The molecule has 2 heterocycles. The molecule has 2 rings (SSSR count). The summed E-state index contributed by atoms with van der Waals surface area (Å²) in [4.78, 5) is 14.8. The van der Waals surface area contributed by atoms with Crippen molar-refractivity contribution in [1.82, 2.24) is 9.55 Å². The van der Waals surface area contributed by atoms with E-state index in [0.717, 1.165) is 25.2 Å². The van der Waals surface area contributed by atoms with Crippen LogP contribution in [0, 0.1) is 5.92 Å². The van der Waals surface area contributed by atoms with Crippen LogP contribution >= 0.6 is 11.6 Å². The number of aromatic nitrogens is 2. The monoisotopic (exact) mass is 214 g/mol. The minimum absolute atomic E-state index is 0.0178. The maximum Gasteiger partial charge on any atom is 0.357 e. The Labute approximate surface area is 86.5 Å². The van der Waals surface area contributed by atoms with Gasteiger partial charge in [0.15, 0.2) is 5.69 Å². The van der Waals surface area contributed by atoms with Crippen LogP contribution in [0.5, 0.6) is 0 Å². The van der Waals surface area contributed by atoms with E-state index < -0.39 is 5.97 Å². The number of nitrogens with zero attached hydrogens (tertiary/aromatic N) is 2. The standard InChI is InChI=1S/C9H11ClN2O2/c1-5-2-3-6-11-7(9(13)14)8(10)12(6)4-5/h5H,2-4H2,1H3,(H,13,14)/t5-/m0/s1. The number of carboxylic acid groups (broad SMARTS) is 1. The van der Waals surface area contributed by atoms with E-state index in [1.54, 1.807) is 4.57 Å². The van der Waals surface area contributed by atoms with Crippen molar-refractivity contribution in [2.75, 3.05) is 0 Å². The Hall–Kier alpha value is -1.03. The number of carbonyl (C=O) groups is 1. The van der Waals surface area contributed by atoms with Crippen LogP contribution in [-0.2, 0) is 13.0 Å². The van der Waals surface area contributed by atoms with Crippen molar-refractivity contribution in [3.05, 3.63) is 16.7 Å². The molecule has 5 heteroatoms. The molecule has 0 saturated heterocycles. The maximum atomic E-state index is 10.8. The quantitative estimate of drug-likeness (QED) is 0.776. The van der Waals surface area contributed by atoms with Crippen LogP contribution in [0.4, 0.5) is 0 Å². The molecule has 1 aliphatic rings. The number of imidazole rings is 1. The summed E-state index contributed by atoms with van der Waals surface area (Å²) >= 11 is 5.92. The summed E-state index contributed by atoms with van der Waals surface area (Å²) in [5, 5.41) is 9.08. The lowest BCUT2D eigenvalue weighted by atomic mass is 10.0. The summed E-state index contributed by atoms with van der Waals surface area (Å²) in [6, 6.07) is 0. The van der Waals surface area contributed by atoms with Crippen molar-refractivity contribution in [3.8, 4) is 0 Å². The Kier molecular flexibility index (Phi) is 2.23. The molecular weight excluding hydrogens is 204 g/mol. The van der Waals surface area contributed by atoms with Crippen LogP contribution in [0.1, 0.15) is 29.7 Å². The molecule has 0 amide bonds. The smallest absolute Gasteiger partial charge is 0.357 e. The summed E-state index contributed by atoms with van der Waals surface area (Å²) < 4.78 is 1.80. The summed E-state index contributed by atoms with van der Waals surface area (Å²) in [6.45, 7) is 2.90. The SMILES string of the molecule is C[C@H]1CCc2nc(C(=O)O)c(Cl)n2C1. The molecular formula is C9H11ClN2O2. The Morgan fingerprint density at radius 1 is 1.71 bits per heavy atom. The number of rotatable bonds is 1. The van der Waals surface area contributed by atoms with Gasteiger partial charge < -0.3 is 9.67 Å². The molecule has 0 bridgehead atoms. The van der Waals surface area contributed by atoms with E-state index in [9.17, 15) is 4.79 Å². The highest BCUT2D eigenvalue weighted by molar-refractivity contribution is 6.32. The van der Waals surface area contributed by atoms with Gasteiger partial charge in [0.1, 0.15) is 11.0 Å². The number of carboxylic acids is 1. The van der Waals surface area contributed by atoms with E-state index in [1.807, 2.05) is 0 Å². The summed E-state index contributed by atoms with van der Waals surface area (Å²) in [5.41, 5.74) is -0.0178. The number of hydrogen-bond donors (Lipinski definition) is 1. The van der Waals surface area contributed by atoms with Gasteiger partial charge in [-0.3, -0.25) is 0 Å². The van der Waals surface area contributed by atoms with Crippen LogP contribution in [0.2, 0.25) is 5.15 Å². The Morgan fingerprint density at radius 3 is 3.07 bits per heavy atom. The molecule has 1 aliphatic heterocycles. The first kappa shape index (κ1) is 9.52. The number of hydrogen-bond acceptors (Lipinski definition) is 2. The Balaban J connectivity index is 2.46. The average Bonchev–Trinajstić information content (AvgIpc) is 2.44. The molecule has 0 radical (unpaired) electrons. The molecule has 0 aromatic carbocycles. The lowest BCUT2D eigenvalue weighted by molar-refractivity contribution is 0.0691. The van der Waals surface area contributed by atoms with Gasteiger partial charge in [-0.05, 0) is 12.3 Å². The second-order valence-corrected chi connectivity index (χ2v) is 4.09. The first-order chi connectivity index (χ1) is 6.59. The van der Waals surface area contributed by atoms with E-state index >= 15 is 0 Å². The van der Waals surface area contributed by atoms with Crippen molar-refractivity contribution < 1.29 is 9.90 Å². The van der Waals surface area contributed by atoms with E-state index in [4.69, 9.17) is 16.7 Å². The van der Waals surface area contributed by atoms with E-state index in [0.29, 0.717) is 5.92 Å². The zero-order chi connectivity index (χ0) is 10.3. The maximum absolute atomic E-state index is 10.8. The molecule has 14 heavy (non-hydrogen) atoms. The highest BCUT2D eigenvalue weighted by Gasteiger charge is 2.24. The van der Waals surface area contributed by atoms with Crippen molar-refractivity contribution >= 4 is 17.6 Å². The van der Waals surface area contributed by atoms with E-state index in [1.165, 1.54) is 0 Å². The molecule has 0 fully saturated rings. The number of halogens is 1. The van der Waals surface area contributed by atoms with Crippen molar-refractivity contribution in [2.24, 2.45) is 5.92 Å². The van der Waals surface area contributed by atoms with Gasteiger partial charge in [-0.2, -0.15) is 0 Å². The van der Waals surface area contributed by atoms with Crippen molar-refractivity contribution in [1.29, 1.82) is 0 Å². The molecule has 0 saturated carbocycles. The second kappa shape index (κ2) is 3.28. The summed E-state index contributed by atoms with van der Waals surface area (Å²) in [6.07, 6.45) is 1.86. The lowest BCUT2D eigenvalue weighted by Crippen LogP contribution is -2.17. The van der Waals surface area contributed by atoms with Crippen LogP contribution in [0.15, 0.2) is 0 Å². The first-order valence-electron chi connectivity index (χ1n) is 4.57. The molecule has 1 aromatic heterocycles. The molecule has 1 atom stereocenters. The van der Waals surface area contributed by atoms with Gasteiger partial charge in [0.2, 0.25) is 0 Å². The topological polar surface area (TPSA) is 55.1 Å². The Bertz CT molecular complexity index is 386. The third kappa shape index (κ3) is 1.39. The predicted octanol–water partition coefficient (Wildman–Crippen LogP) is 1.82. The molecule has 1 aromatic rings. The van der Waals surface area contributed by atoms with Crippen LogP contribution in [0.25, 0.3) is 0 Å². The predicted molar refractivity (Wildman–Crippen MR) is 51.7 cm³/mol. The van der Waals surface area contributed by atoms with Gasteiger partial charge in [-0.1, -0.05) is 18.5 Å². The summed E-state index contributed by atoms with van der Waals surface area (Å²) in [7, 11) is 0. The van der Waals surface area contributed by atoms with Gasteiger partial charge in [-0.25, -0.2) is 9.78 Å². The van der Waals surface area contributed by atoms with Crippen LogP contribution in [-0.4, -0.2) is 20.6 Å². The third-order valence-corrected chi connectivity index (χ3v) is 2.93. The second-order valence-electron chi connectivity index (χ2n) is 3.73. The molecule has 0 spiro atoms. The third-order valence-electron chi connectivity index (χ3n) is 2.54. The summed E-state index contributed by atoms with van der Waals surface area (Å²) in [5.74, 6) is 0.283. The lowest BCUT2D eigenvalue weighted by Gasteiger charge is -2.20. The van der Waals surface area contributed by atoms with E-state index in [-0.39, 0.29) is 10.8 Å². The van der Waals surface area contributed by atoms with Gasteiger partial charge in [0.25, 0.3) is 0 Å². The molecule has 0 unspecified atom stereocenters. The fourth-order valence-electron chi connectivity index (χ4n) is 1.77. The number of fused-ring (bicyclic) bond motifs is 1. The zero-order valence-electron chi connectivity index (χ0n) is 7.83.